The van der Waals surface area contributed by atoms with Crippen LogP contribution < -0.4 is 4.90 Å². The highest BCUT2D eigenvalue weighted by Crippen LogP contribution is 2.35. The van der Waals surface area contributed by atoms with Crippen molar-refractivity contribution in [3.63, 3.8) is 0 Å². The van der Waals surface area contributed by atoms with Crippen LogP contribution in [0, 0.1) is 11.7 Å². The smallest absolute Gasteiger partial charge is 0.475 e. The third kappa shape index (κ3) is 5.75. The number of carboxylic acid groups (broad SMARTS) is 1. The molecule has 0 aromatic carbocycles. The number of rotatable bonds is 3. The number of ether oxygens (including phenoxy) is 1. The maximum Gasteiger partial charge on any atom is 0.490 e. The van der Waals surface area contributed by atoms with Gasteiger partial charge in [-0.2, -0.15) is 13.2 Å². The molecule has 0 aliphatic carbocycles. The molecule has 2 saturated heterocycles. The summed E-state index contributed by atoms with van der Waals surface area (Å²) in [6, 6.07) is 0. The van der Waals surface area contributed by atoms with E-state index in [0.717, 1.165) is 13.0 Å². The Balaban J connectivity index is 0.000000345. The molecule has 2 fully saturated rings. The van der Waals surface area contributed by atoms with Gasteiger partial charge in [0.25, 0.3) is 0 Å². The minimum absolute atomic E-state index is 0.00573. The van der Waals surface area contributed by atoms with Crippen molar-refractivity contribution in [3.05, 3.63) is 18.2 Å². The average Bonchev–Trinajstić information content (AvgIpc) is 3.13. The number of aliphatic carboxylic acids is 1. The summed E-state index contributed by atoms with van der Waals surface area (Å²) in [5.74, 6) is -2.17. The van der Waals surface area contributed by atoms with E-state index in [0.29, 0.717) is 24.8 Å². The van der Waals surface area contributed by atoms with Crippen LogP contribution in [0.15, 0.2) is 12.4 Å². The number of amides is 1. The van der Waals surface area contributed by atoms with Crippen molar-refractivity contribution in [1.29, 1.82) is 0 Å². The number of halogens is 4. The Bertz CT molecular complexity index is 685. The van der Waals surface area contributed by atoms with E-state index in [2.05, 4.69) is 9.97 Å². The van der Waals surface area contributed by atoms with Crippen molar-refractivity contribution in [1.82, 2.24) is 14.9 Å². The van der Waals surface area contributed by atoms with Gasteiger partial charge in [0.15, 0.2) is 5.82 Å². The Morgan fingerprint density at radius 2 is 1.86 bits per heavy atom. The molecule has 28 heavy (non-hydrogen) atoms. The van der Waals surface area contributed by atoms with Crippen LogP contribution in [-0.4, -0.2) is 77.4 Å². The minimum Gasteiger partial charge on any atom is -0.475 e. The molecule has 1 aromatic heterocycles. The van der Waals surface area contributed by atoms with Gasteiger partial charge < -0.3 is 19.6 Å². The monoisotopic (exact) mass is 408 g/mol. The second-order valence-corrected chi connectivity index (χ2v) is 6.69. The molecule has 0 spiro atoms. The molecule has 0 unspecified atom stereocenters. The van der Waals surface area contributed by atoms with Gasteiger partial charge in [0.2, 0.25) is 11.9 Å². The standard InChI is InChI=1S/C14H19FN4O2.C2HF3O2/c1-18(2)13(20)4-11-3-9-7-19(8-12(9)21-11)14-16-5-10(15)6-17-14;3-2(4,5)1(6)7/h5-6,9,11-12H,3-4,7-8H2,1-2H3;(H,6,7)/t9-,11-,12+;/m0./s1. The molecule has 3 rings (SSSR count). The number of hydrogen-bond acceptors (Lipinski definition) is 6. The number of fused-ring (bicyclic) bond motifs is 1. The van der Waals surface area contributed by atoms with E-state index in [4.69, 9.17) is 14.6 Å². The lowest BCUT2D eigenvalue weighted by molar-refractivity contribution is -0.192. The zero-order chi connectivity index (χ0) is 21.1. The van der Waals surface area contributed by atoms with E-state index < -0.39 is 18.0 Å². The summed E-state index contributed by atoms with van der Waals surface area (Å²) in [4.78, 5) is 32.2. The number of nitrogens with zero attached hydrogens (tertiary/aromatic N) is 4. The molecule has 1 aromatic rings. The normalized spacial score (nSPS) is 23.6. The topological polar surface area (TPSA) is 95.9 Å². The molecule has 0 radical (unpaired) electrons. The SMILES string of the molecule is CN(C)C(=O)C[C@@H]1C[C@H]2CN(c3ncc(F)cn3)C[C@H]2O1.O=C(O)C(F)(F)F. The largest absolute Gasteiger partial charge is 0.490 e. The fourth-order valence-corrected chi connectivity index (χ4v) is 3.00. The molecule has 1 amide bonds. The number of carboxylic acids is 1. The first-order valence-electron chi connectivity index (χ1n) is 8.35. The zero-order valence-electron chi connectivity index (χ0n) is 15.2. The van der Waals surface area contributed by atoms with Crippen LogP contribution >= 0.6 is 0 Å². The lowest BCUT2D eigenvalue weighted by atomic mass is 10.0. The van der Waals surface area contributed by atoms with Crippen LogP contribution in [0.1, 0.15) is 12.8 Å². The second-order valence-electron chi connectivity index (χ2n) is 6.69. The van der Waals surface area contributed by atoms with Gasteiger partial charge in [-0.25, -0.2) is 19.2 Å². The molecule has 0 bridgehead atoms. The molecule has 3 heterocycles. The van der Waals surface area contributed by atoms with Crippen LogP contribution in [0.2, 0.25) is 0 Å². The minimum atomic E-state index is -5.08. The first-order valence-corrected chi connectivity index (χ1v) is 8.35. The Morgan fingerprint density at radius 3 is 2.32 bits per heavy atom. The van der Waals surface area contributed by atoms with E-state index in [1.54, 1.807) is 19.0 Å². The summed E-state index contributed by atoms with van der Waals surface area (Å²) in [7, 11) is 3.51. The number of hydrogen-bond donors (Lipinski definition) is 1. The van der Waals surface area contributed by atoms with E-state index in [1.165, 1.54) is 12.4 Å². The fourth-order valence-electron chi connectivity index (χ4n) is 3.00. The van der Waals surface area contributed by atoms with Crippen molar-refractivity contribution < 1.29 is 37.0 Å². The van der Waals surface area contributed by atoms with Gasteiger partial charge in [0.05, 0.1) is 31.0 Å². The van der Waals surface area contributed by atoms with Crippen LogP contribution in [0.5, 0.6) is 0 Å². The van der Waals surface area contributed by atoms with E-state index in [-0.39, 0.29) is 18.1 Å². The zero-order valence-corrected chi connectivity index (χ0v) is 15.2. The lowest BCUT2D eigenvalue weighted by Crippen LogP contribution is -2.29. The molecule has 1 N–H and O–H groups in total. The molecule has 12 heteroatoms. The molecule has 3 atom stereocenters. The van der Waals surface area contributed by atoms with Crippen molar-refractivity contribution in [2.24, 2.45) is 5.92 Å². The van der Waals surface area contributed by atoms with Gasteiger partial charge in [-0.15, -0.1) is 0 Å². The first-order chi connectivity index (χ1) is 13.0. The third-order valence-electron chi connectivity index (χ3n) is 4.35. The average molecular weight is 408 g/mol. The van der Waals surface area contributed by atoms with Crippen molar-refractivity contribution in [2.75, 3.05) is 32.1 Å². The summed E-state index contributed by atoms with van der Waals surface area (Å²) in [6.07, 6.45) is -1.30. The fraction of sp³-hybridized carbons (Fsp3) is 0.625. The van der Waals surface area contributed by atoms with E-state index in [1.807, 2.05) is 4.90 Å². The van der Waals surface area contributed by atoms with Gasteiger partial charge in [0.1, 0.15) is 0 Å². The number of carbonyl (C=O) groups excluding carboxylic acids is 1. The Morgan fingerprint density at radius 1 is 1.29 bits per heavy atom. The summed E-state index contributed by atoms with van der Waals surface area (Å²) < 4.78 is 50.5. The summed E-state index contributed by atoms with van der Waals surface area (Å²) in [6.45, 7) is 1.49. The van der Waals surface area contributed by atoms with Crippen LogP contribution in [0.4, 0.5) is 23.5 Å². The van der Waals surface area contributed by atoms with Crippen molar-refractivity contribution >= 4 is 17.8 Å². The first kappa shape index (κ1) is 21.8. The molecular weight excluding hydrogens is 388 g/mol. The molecule has 8 nitrogen and oxygen atoms in total. The summed E-state index contributed by atoms with van der Waals surface area (Å²) >= 11 is 0. The van der Waals surface area contributed by atoms with Gasteiger partial charge in [-0.3, -0.25) is 4.79 Å². The van der Waals surface area contributed by atoms with Gasteiger partial charge in [-0.1, -0.05) is 0 Å². The predicted molar refractivity (Wildman–Crippen MR) is 88.0 cm³/mol. The number of aromatic nitrogens is 2. The van der Waals surface area contributed by atoms with Gasteiger partial charge >= 0.3 is 12.1 Å². The third-order valence-corrected chi connectivity index (χ3v) is 4.35. The molecule has 2 aliphatic rings. The predicted octanol–water partition coefficient (Wildman–Crippen LogP) is 1.32. The summed E-state index contributed by atoms with van der Waals surface area (Å²) in [5, 5.41) is 7.12. The van der Waals surface area contributed by atoms with Crippen LogP contribution in [0.25, 0.3) is 0 Å². The van der Waals surface area contributed by atoms with Gasteiger partial charge in [0, 0.05) is 33.1 Å². The highest BCUT2D eigenvalue weighted by molar-refractivity contribution is 5.76. The Labute approximate surface area is 158 Å². The van der Waals surface area contributed by atoms with E-state index in [9.17, 15) is 22.4 Å². The maximum absolute atomic E-state index is 12.8. The van der Waals surface area contributed by atoms with Gasteiger partial charge in [-0.05, 0) is 6.42 Å². The van der Waals surface area contributed by atoms with Crippen molar-refractivity contribution in [2.45, 2.75) is 31.2 Å². The summed E-state index contributed by atoms with van der Waals surface area (Å²) in [5.41, 5.74) is 0. The highest BCUT2D eigenvalue weighted by Gasteiger charge is 2.43. The number of anilines is 1. The van der Waals surface area contributed by atoms with Crippen LogP contribution in [0.3, 0.4) is 0 Å². The Kier molecular flexibility index (Phi) is 6.75. The Hall–Kier alpha value is -2.50. The molecular formula is C16H20F4N4O4. The van der Waals surface area contributed by atoms with Crippen LogP contribution in [-0.2, 0) is 14.3 Å². The maximum atomic E-state index is 12.8. The molecule has 0 saturated carbocycles. The molecule has 2 aliphatic heterocycles. The second kappa shape index (κ2) is 8.67. The highest BCUT2D eigenvalue weighted by atomic mass is 19.4. The number of carbonyl (C=O) groups is 2. The number of alkyl halides is 3. The molecule has 156 valence electrons. The van der Waals surface area contributed by atoms with E-state index >= 15 is 0 Å². The lowest BCUT2D eigenvalue weighted by Gasteiger charge is -2.19. The van der Waals surface area contributed by atoms with Crippen molar-refractivity contribution in [3.8, 4) is 0 Å². The quantitative estimate of drug-likeness (QED) is 0.754.